The number of nitrogens with one attached hydrogen (secondary N) is 1. The number of aromatic nitrogens is 2. The van der Waals surface area contributed by atoms with Gasteiger partial charge < -0.3 is 20.1 Å². The summed E-state index contributed by atoms with van der Waals surface area (Å²) < 4.78 is 0. The van der Waals surface area contributed by atoms with Crippen LogP contribution in [0.4, 0.5) is 5.82 Å². The van der Waals surface area contributed by atoms with Crippen LogP contribution in [0.2, 0.25) is 0 Å². The highest BCUT2D eigenvalue weighted by Crippen LogP contribution is 2.18. The number of rotatable bonds is 5. The topological polar surface area (TPSA) is 112 Å². The Bertz CT molecular complexity index is 519. The lowest BCUT2D eigenvalue weighted by molar-refractivity contribution is -0.390. The average Bonchev–Trinajstić information content (AvgIpc) is 2.73. The molecule has 0 saturated carbocycles. The Balaban J connectivity index is 1.99. The molecule has 1 saturated heterocycles. The predicted octanol–water partition coefficient (Wildman–Crippen LogP) is 0.105. The number of β-amino-alcohol motifs (C(OH)–C–C–N with tert-alkyl or cyclic N) is 1. The largest absolute Gasteiger partial charge is 0.391 e. The molecule has 0 aromatic carbocycles. The molecule has 1 aliphatic rings. The third-order valence-electron chi connectivity index (χ3n) is 3.00. The molecular formula is C11H16N4O4S. The Morgan fingerprint density at radius 2 is 2.40 bits per heavy atom. The summed E-state index contributed by atoms with van der Waals surface area (Å²) in [4.78, 5) is 30.1. The molecule has 1 amide bonds. The molecular weight excluding hydrogens is 284 g/mol. The zero-order chi connectivity index (χ0) is 14.7. The van der Waals surface area contributed by atoms with Crippen molar-refractivity contribution >= 4 is 23.5 Å². The molecule has 9 heteroatoms. The van der Waals surface area contributed by atoms with E-state index < -0.39 is 11.0 Å². The van der Waals surface area contributed by atoms with E-state index in [1.54, 1.807) is 23.6 Å². The lowest BCUT2D eigenvalue weighted by atomic mass is 10.2. The maximum Gasteiger partial charge on any atom is 0.343 e. The van der Waals surface area contributed by atoms with Crippen LogP contribution in [0.1, 0.15) is 11.5 Å². The second kappa shape index (κ2) is 6.23. The average molecular weight is 300 g/mol. The van der Waals surface area contributed by atoms with Crippen molar-refractivity contribution in [1.29, 1.82) is 0 Å². The molecule has 1 atom stereocenters. The first kappa shape index (κ1) is 14.8. The van der Waals surface area contributed by atoms with Gasteiger partial charge in [0.2, 0.25) is 5.91 Å². The van der Waals surface area contributed by atoms with Crippen molar-refractivity contribution in [3.05, 3.63) is 21.6 Å². The Morgan fingerprint density at radius 1 is 1.65 bits per heavy atom. The normalized spacial score (nSPS) is 17.3. The molecule has 110 valence electrons. The van der Waals surface area contributed by atoms with Gasteiger partial charge in [0, 0.05) is 32.2 Å². The minimum Gasteiger partial charge on any atom is -0.391 e. The molecule has 2 rings (SSSR count). The van der Waals surface area contributed by atoms with Crippen molar-refractivity contribution in [3.8, 4) is 0 Å². The van der Waals surface area contributed by atoms with Crippen LogP contribution in [-0.2, 0) is 11.2 Å². The quantitative estimate of drug-likeness (QED) is 0.589. The number of H-pyrrole nitrogens is 1. The summed E-state index contributed by atoms with van der Waals surface area (Å²) in [5.41, 5.74) is 0.221. The third-order valence-corrected chi connectivity index (χ3v) is 3.92. The number of carbonyl (C=O) groups excluding carboxylic acids is 1. The maximum absolute atomic E-state index is 11.6. The van der Waals surface area contributed by atoms with Crippen molar-refractivity contribution in [3.63, 3.8) is 0 Å². The van der Waals surface area contributed by atoms with Gasteiger partial charge in [0.1, 0.15) is 5.69 Å². The first-order valence-corrected chi connectivity index (χ1v) is 7.36. The van der Waals surface area contributed by atoms with Crippen molar-refractivity contribution < 1.29 is 14.8 Å². The maximum atomic E-state index is 11.6. The van der Waals surface area contributed by atoms with Crippen molar-refractivity contribution in [2.24, 2.45) is 0 Å². The summed E-state index contributed by atoms with van der Waals surface area (Å²) >= 11 is 1.57. The zero-order valence-electron chi connectivity index (χ0n) is 11.0. The summed E-state index contributed by atoms with van der Waals surface area (Å²) in [5, 5.41) is 20.9. The number of amides is 1. The first-order valence-electron chi connectivity index (χ1n) is 6.21. The molecule has 0 spiro atoms. The highest BCUT2D eigenvalue weighted by atomic mass is 32.2. The molecule has 0 unspecified atom stereocenters. The van der Waals surface area contributed by atoms with Crippen molar-refractivity contribution in [2.75, 3.05) is 24.6 Å². The molecule has 0 aliphatic carbocycles. The highest BCUT2D eigenvalue weighted by molar-refractivity contribution is 8.00. The summed E-state index contributed by atoms with van der Waals surface area (Å²) in [6.45, 7) is 2.40. The van der Waals surface area contributed by atoms with Gasteiger partial charge in [0.25, 0.3) is 0 Å². The Labute approximate surface area is 119 Å². The highest BCUT2D eigenvalue weighted by Gasteiger charge is 2.25. The smallest absolute Gasteiger partial charge is 0.343 e. The molecule has 2 heterocycles. The third kappa shape index (κ3) is 3.48. The van der Waals surface area contributed by atoms with Gasteiger partial charge in [-0.25, -0.2) is 9.97 Å². The number of aromatic amines is 1. The van der Waals surface area contributed by atoms with Gasteiger partial charge in [-0.3, -0.25) is 4.79 Å². The number of aliphatic hydroxyl groups is 1. The van der Waals surface area contributed by atoms with E-state index in [9.17, 15) is 20.0 Å². The van der Waals surface area contributed by atoms with E-state index in [1.165, 1.54) is 0 Å². The molecule has 1 aromatic rings. The van der Waals surface area contributed by atoms with E-state index in [1.807, 2.05) is 0 Å². The van der Waals surface area contributed by atoms with Gasteiger partial charge in [-0.15, -0.1) is 0 Å². The molecule has 8 nitrogen and oxygen atoms in total. The van der Waals surface area contributed by atoms with Crippen LogP contribution < -0.4 is 0 Å². The Hall–Kier alpha value is -1.61. The number of aliphatic hydroxyl groups excluding tert-OH is 1. The minimum absolute atomic E-state index is 0.00647. The van der Waals surface area contributed by atoms with Crippen LogP contribution >= 0.6 is 11.8 Å². The van der Waals surface area contributed by atoms with E-state index in [2.05, 4.69) is 9.97 Å². The number of aryl methyl sites for hydroxylation is 1. The van der Waals surface area contributed by atoms with E-state index in [-0.39, 0.29) is 30.4 Å². The van der Waals surface area contributed by atoms with Gasteiger partial charge in [0.15, 0.2) is 5.82 Å². The Morgan fingerprint density at radius 3 is 3.05 bits per heavy atom. The summed E-state index contributed by atoms with van der Waals surface area (Å²) in [6.07, 6.45) is -0.805. The van der Waals surface area contributed by atoms with E-state index in [4.69, 9.17) is 0 Å². The zero-order valence-corrected chi connectivity index (χ0v) is 11.9. The number of hydrogen-bond donors (Lipinski definition) is 2. The van der Waals surface area contributed by atoms with Crippen molar-refractivity contribution in [2.45, 2.75) is 19.4 Å². The minimum atomic E-state index is -0.858. The second-order valence-corrected chi connectivity index (χ2v) is 5.73. The SMILES string of the molecule is Cc1nc(C[C@@H](O)CN2CCSCC2=O)c([N+](=O)[O-])[nH]1. The van der Waals surface area contributed by atoms with E-state index in [0.29, 0.717) is 18.1 Å². The van der Waals surface area contributed by atoms with Gasteiger partial charge in [-0.05, 0) is 4.92 Å². The number of hydrogen-bond acceptors (Lipinski definition) is 6. The standard InChI is InChI=1S/C11H16N4O4S/c1-7-12-9(11(13-7)15(18)19)4-8(16)5-14-2-3-20-6-10(14)17/h8,16H,2-6H2,1H3,(H,12,13)/t8-/m1/s1. The predicted molar refractivity (Wildman–Crippen MR) is 73.6 cm³/mol. The molecule has 1 fully saturated rings. The number of imidazole rings is 1. The van der Waals surface area contributed by atoms with Crippen LogP contribution in [0.5, 0.6) is 0 Å². The molecule has 0 radical (unpaired) electrons. The monoisotopic (exact) mass is 300 g/mol. The molecule has 20 heavy (non-hydrogen) atoms. The fourth-order valence-electron chi connectivity index (χ4n) is 2.11. The van der Waals surface area contributed by atoms with Gasteiger partial charge in [-0.2, -0.15) is 11.8 Å². The number of nitro groups is 1. The number of thioether (sulfide) groups is 1. The van der Waals surface area contributed by atoms with Crippen molar-refractivity contribution in [1.82, 2.24) is 14.9 Å². The summed E-state index contributed by atoms with van der Waals surface area (Å²) in [5.74, 6) is 1.51. The summed E-state index contributed by atoms with van der Waals surface area (Å²) in [6, 6.07) is 0. The molecule has 1 aromatic heterocycles. The van der Waals surface area contributed by atoms with Gasteiger partial charge in [0.05, 0.1) is 11.9 Å². The number of nitrogens with zero attached hydrogens (tertiary/aromatic N) is 3. The van der Waals surface area contributed by atoms with Crippen LogP contribution in [-0.4, -0.2) is 61.5 Å². The van der Waals surface area contributed by atoms with Crippen LogP contribution in [0, 0.1) is 17.0 Å². The second-order valence-electron chi connectivity index (χ2n) is 4.62. The molecule has 1 aliphatic heterocycles. The van der Waals surface area contributed by atoms with E-state index in [0.717, 1.165) is 5.75 Å². The van der Waals surface area contributed by atoms with Gasteiger partial charge >= 0.3 is 5.82 Å². The van der Waals surface area contributed by atoms with Crippen LogP contribution in [0.3, 0.4) is 0 Å². The fraction of sp³-hybridized carbons (Fsp3) is 0.636. The van der Waals surface area contributed by atoms with Crippen LogP contribution in [0.25, 0.3) is 0 Å². The summed E-state index contributed by atoms with van der Waals surface area (Å²) in [7, 11) is 0. The Kier molecular flexibility index (Phi) is 4.61. The fourth-order valence-corrected chi connectivity index (χ4v) is 2.96. The first-order chi connectivity index (χ1) is 9.47. The lowest BCUT2D eigenvalue weighted by Crippen LogP contribution is -2.43. The van der Waals surface area contributed by atoms with Gasteiger partial charge in [-0.1, -0.05) is 0 Å². The molecule has 2 N–H and O–H groups in total. The van der Waals surface area contributed by atoms with E-state index >= 15 is 0 Å². The number of carbonyl (C=O) groups is 1. The lowest BCUT2D eigenvalue weighted by Gasteiger charge is -2.28. The molecule has 0 bridgehead atoms. The van der Waals surface area contributed by atoms with Crippen LogP contribution in [0.15, 0.2) is 0 Å².